The normalized spacial score (nSPS) is 10.5. The van der Waals surface area contributed by atoms with E-state index in [0.29, 0.717) is 9.86 Å². The third kappa shape index (κ3) is 2.17. The number of rotatable bonds is 2. The van der Waals surface area contributed by atoms with Gasteiger partial charge >= 0.3 is 5.97 Å². The number of fused-ring (bicyclic) bond motifs is 1. The molecule has 0 aliphatic rings. The number of benzene rings is 2. The molecular weight excluding hydrogens is 287 g/mol. The minimum absolute atomic E-state index is 0.0359. The molecule has 4 heteroatoms. The molecule has 17 heavy (non-hydrogen) atoms. The largest absolute Gasteiger partial charge is 0.462 e. The predicted molar refractivity (Wildman–Crippen MR) is 67.6 cm³/mol. The van der Waals surface area contributed by atoms with E-state index in [-0.39, 0.29) is 12.2 Å². The Balaban J connectivity index is 2.65. The van der Waals surface area contributed by atoms with Crippen LogP contribution in [0.4, 0.5) is 4.39 Å². The van der Waals surface area contributed by atoms with Crippen LogP contribution in [0.15, 0.2) is 34.8 Å². The fourth-order valence-electron chi connectivity index (χ4n) is 1.66. The van der Waals surface area contributed by atoms with Crippen LogP contribution in [-0.4, -0.2) is 12.6 Å². The number of carbonyl (C=O) groups is 1. The summed E-state index contributed by atoms with van der Waals surface area (Å²) in [5, 5.41) is 1.14. The van der Waals surface area contributed by atoms with Crippen LogP contribution in [0.3, 0.4) is 0 Å². The Morgan fingerprint density at radius 1 is 1.35 bits per heavy atom. The summed E-state index contributed by atoms with van der Waals surface area (Å²) in [6.45, 7) is 1.92. The van der Waals surface area contributed by atoms with Gasteiger partial charge in [0.1, 0.15) is 5.82 Å². The van der Waals surface area contributed by atoms with Crippen molar-refractivity contribution in [1.29, 1.82) is 0 Å². The first-order valence-electron chi connectivity index (χ1n) is 5.19. The SMILES string of the molecule is CCOC(=O)c1ccc2cccc(Br)c2c1F. The van der Waals surface area contributed by atoms with Gasteiger partial charge in [-0.05, 0) is 24.4 Å². The maximum absolute atomic E-state index is 14.2. The maximum atomic E-state index is 14.2. The Labute approximate surface area is 107 Å². The van der Waals surface area contributed by atoms with Crippen LogP contribution in [0.5, 0.6) is 0 Å². The standard InChI is InChI=1S/C13H10BrFO2/c1-2-17-13(16)9-7-6-8-4-3-5-10(14)11(8)12(9)15/h3-7H,2H2,1H3. The molecule has 0 saturated heterocycles. The van der Waals surface area contributed by atoms with Gasteiger partial charge in [-0.3, -0.25) is 0 Å². The zero-order valence-electron chi connectivity index (χ0n) is 9.17. The second-order valence-electron chi connectivity index (χ2n) is 3.49. The molecule has 0 spiro atoms. The zero-order chi connectivity index (χ0) is 12.4. The molecule has 0 bridgehead atoms. The Morgan fingerprint density at radius 3 is 2.82 bits per heavy atom. The van der Waals surface area contributed by atoms with E-state index in [1.807, 2.05) is 6.07 Å². The van der Waals surface area contributed by atoms with E-state index in [1.165, 1.54) is 6.07 Å². The molecule has 2 aromatic carbocycles. The van der Waals surface area contributed by atoms with Gasteiger partial charge in [-0.2, -0.15) is 0 Å². The molecule has 88 valence electrons. The van der Waals surface area contributed by atoms with Gasteiger partial charge in [0.2, 0.25) is 0 Å². The number of hydrogen-bond donors (Lipinski definition) is 0. The predicted octanol–water partition coefficient (Wildman–Crippen LogP) is 3.92. The van der Waals surface area contributed by atoms with Crippen molar-refractivity contribution in [1.82, 2.24) is 0 Å². The lowest BCUT2D eigenvalue weighted by molar-refractivity contribution is 0.0521. The van der Waals surface area contributed by atoms with Gasteiger partial charge in [0.25, 0.3) is 0 Å². The van der Waals surface area contributed by atoms with E-state index >= 15 is 0 Å². The highest BCUT2D eigenvalue weighted by Crippen LogP contribution is 2.28. The summed E-state index contributed by atoms with van der Waals surface area (Å²) in [7, 11) is 0. The highest BCUT2D eigenvalue weighted by molar-refractivity contribution is 9.10. The van der Waals surface area contributed by atoms with Crippen molar-refractivity contribution in [2.24, 2.45) is 0 Å². The first-order chi connectivity index (χ1) is 8.15. The smallest absolute Gasteiger partial charge is 0.341 e. The first-order valence-corrected chi connectivity index (χ1v) is 5.98. The van der Waals surface area contributed by atoms with E-state index in [1.54, 1.807) is 25.1 Å². The molecule has 0 saturated carbocycles. The molecular formula is C13H10BrFO2. The molecule has 0 unspecified atom stereocenters. The lowest BCUT2D eigenvalue weighted by Crippen LogP contribution is -2.07. The Bertz CT molecular complexity index is 581. The second kappa shape index (κ2) is 4.84. The molecule has 0 N–H and O–H groups in total. The molecule has 0 aliphatic heterocycles. The van der Waals surface area contributed by atoms with Gasteiger partial charge in [0, 0.05) is 9.86 Å². The fraction of sp³-hybridized carbons (Fsp3) is 0.154. The highest BCUT2D eigenvalue weighted by Gasteiger charge is 2.16. The van der Waals surface area contributed by atoms with Crippen molar-refractivity contribution in [2.75, 3.05) is 6.61 Å². The molecule has 0 aromatic heterocycles. The number of ether oxygens (including phenoxy) is 1. The van der Waals surface area contributed by atoms with Crippen molar-refractivity contribution in [2.45, 2.75) is 6.92 Å². The third-order valence-electron chi connectivity index (χ3n) is 2.43. The van der Waals surface area contributed by atoms with Crippen molar-refractivity contribution in [3.63, 3.8) is 0 Å². The van der Waals surface area contributed by atoms with Crippen molar-refractivity contribution >= 4 is 32.7 Å². The average molecular weight is 297 g/mol. The van der Waals surface area contributed by atoms with Crippen molar-refractivity contribution in [3.8, 4) is 0 Å². The minimum Gasteiger partial charge on any atom is -0.462 e. The van der Waals surface area contributed by atoms with Crippen molar-refractivity contribution < 1.29 is 13.9 Å². The topological polar surface area (TPSA) is 26.3 Å². The van der Waals surface area contributed by atoms with E-state index in [2.05, 4.69) is 15.9 Å². The summed E-state index contributed by atoms with van der Waals surface area (Å²) < 4.78 is 19.6. The van der Waals surface area contributed by atoms with E-state index in [4.69, 9.17) is 4.74 Å². The second-order valence-corrected chi connectivity index (χ2v) is 4.34. The van der Waals surface area contributed by atoms with Crippen LogP contribution in [0.25, 0.3) is 10.8 Å². The Hall–Kier alpha value is -1.42. The molecule has 0 heterocycles. The van der Waals surface area contributed by atoms with Crippen LogP contribution in [0.1, 0.15) is 17.3 Å². The molecule has 2 nitrogen and oxygen atoms in total. The number of hydrogen-bond acceptors (Lipinski definition) is 2. The van der Waals surface area contributed by atoms with Crippen LogP contribution < -0.4 is 0 Å². The Kier molecular flexibility index (Phi) is 3.43. The number of carbonyl (C=O) groups excluding carboxylic acids is 1. The van der Waals surface area contributed by atoms with E-state index in [0.717, 1.165) is 5.39 Å². The zero-order valence-corrected chi connectivity index (χ0v) is 10.8. The van der Waals surface area contributed by atoms with Crippen LogP contribution >= 0.6 is 15.9 Å². The van der Waals surface area contributed by atoms with Gasteiger partial charge in [-0.25, -0.2) is 9.18 Å². The van der Waals surface area contributed by atoms with Crippen LogP contribution in [-0.2, 0) is 4.74 Å². The first kappa shape index (κ1) is 12.0. The minimum atomic E-state index is -0.636. The quantitative estimate of drug-likeness (QED) is 0.785. The number of halogens is 2. The third-order valence-corrected chi connectivity index (χ3v) is 3.09. The van der Waals surface area contributed by atoms with E-state index < -0.39 is 11.8 Å². The Morgan fingerprint density at radius 2 is 2.12 bits per heavy atom. The molecule has 0 radical (unpaired) electrons. The summed E-state index contributed by atoms with van der Waals surface area (Å²) in [5.41, 5.74) is -0.0359. The molecule has 0 atom stereocenters. The van der Waals surface area contributed by atoms with Crippen LogP contribution in [0, 0.1) is 5.82 Å². The molecule has 0 amide bonds. The van der Waals surface area contributed by atoms with Crippen molar-refractivity contribution in [3.05, 3.63) is 46.2 Å². The highest BCUT2D eigenvalue weighted by atomic mass is 79.9. The van der Waals surface area contributed by atoms with Gasteiger partial charge in [0.05, 0.1) is 12.2 Å². The summed E-state index contributed by atoms with van der Waals surface area (Å²) in [5.74, 6) is -1.18. The molecule has 0 aliphatic carbocycles. The summed E-state index contributed by atoms with van der Waals surface area (Å²) in [4.78, 5) is 11.5. The molecule has 2 aromatic rings. The summed E-state index contributed by atoms with van der Waals surface area (Å²) in [6.07, 6.45) is 0. The van der Waals surface area contributed by atoms with Gasteiger partial charge in [0.15, 0.2) is 0 Å². The lowest BCUT2D eigenvalue weighted by atomic mass is 10.1. The summed E-state index contributed by atoms with van der Waals surface area (Å²) in [6, 6.07) is 8.49. The van der Waals surface area contributed by atoms with Gasteiger partial charge < -0.3 is 4.74 Å². The molecule has 0 fully saturated rings. The lowest BCUT2D eigenvalue weighted by Gasteiger charge is -2.07. The van der Waals surface area contributed by atoms with Gasteiger partial charge in [-0.1, -0.05) is 34.1 Å². The average Bonchev–Trinajstić information content (AvgIpc) is 2.29. The summed E-state index contributed by atoms with van der Waals surface area (Å²) >= 11 is 3.28. The monoisotopic (exact) mass is 296 g/mol. The van der Waals surface area contributed by atoms with Gasteiger partial charge in [-0.15, -0.1) is 0 Å². The fourth-order valence-corrected chi connectivity index (χ4v) is 2.21. The van der Waals surface area contributed by atoms with Crippen LogP contribution in [0.2, 0.25) is 0 Å². The van der Waals surface area contributed by atoms with E-state index in [9.17, 15) is 9.18 Å². The number of esters is 1. The molecule has 2 rings (SSSR count). The maximum Gasteiger partial charge on any atom is 0.341 e.